The molecule has 0 saturated carbocycles. The minimum atomic E-state index is 0.194. The second-order valence-corrected chi connectivity index (χ2v) is 9.38. The molecule has 0 aliphatic carbocycles. The Morgan fingerprint density at radius 1 is 0.500 bits per heavy atom. The van der Waals surface area contributed by atoms with Crippen LogP contribution in [-0.2, 0) is 0 Å². The maximum atomic E-state index is 10.5. The SMILES string of the molecule is Cc1ccc(N=Nc2ccc(N=Nc3ccc(N=Cc4c(O)ccc5ccccc45)c4ccccc34)cc2)cc1. The number of aliphatic imine (C=N–C) groups is 1. The Balaban J connectivity index is 1.25. The fraction of sp³-hybridized carbons (Fsp3) is 0.0294. The van der Waals surface area contributed by atoms with E-state index in [2.05, 4.69) is 20.5 Å². The van der Waals surface area contributed by atoms with Crippen LogP contribution in [0.1, 0.15) is 11.1 Å². The molecule has 6 heteroatoms. The zero-order valence-corrected chi connectivity index (χ0v) is 21.8. The van der Waals surface area contributed by atoms with E-state index in [-0.39, 0.29) is 5.75 Å². The monoisotopic (exact) mass is 519 g/mol. The highest BCUT2D eigenvalue weighted by atomic mass is 16.3. The van der Waals surface area contributed by atoms with Crippen LogP contribution in [0.2, 0.25) is 0 Å². The molecule has 0 radical (unpaired) electrons. The third-order valence-electron chi connectivity index (χ3n) is 6.60. The molecule has 6 aromatic rings. The summed E-state index contributed by atoms with van der Waals surface area (Å²) in [5, 5.41) is 31.9. The van der Waals surface area contributed by atoms with Crippen molar-refractivity contribution in [3.63, 3.8) is 0 Å². The molecule has 0 bridgehead atoms. The number of rotatable bonds is 6. The second kappa shape index (κ2) is 11.1. The quantitative estimate of drug-likeness (QED) is 0.172. The van der Waals surface area contributed by atoms with Crippen LogP contribution in [0.5, 0.6) is 5.75 Å². The number of nitrogens with zero attached hydrogens (tertiary/aromatic N) is 5. The van der Waals surface area contributed by atoms with Gasteiger partial charge in [0, 0.05) is 22.6 Å². The third-order valence-corrected chi connectivity index (χ3v) is 6.60. The zero-order chi connectivity index (χ0) is 27.3. The van der Waals surface area contributed by atoms with Crippen molar-refractivity contribution in [1.29, 1.82) is 0 Å². The van der Waals surface area contributed by atoms with Gasteiger partial charge in [-0.1, -0.05) is 72.3 Å². The molecular weight excluding hydrogens is 494 g/mol. The first-order chi connectivity index (χ1) is 19.6. The van der Waals surface area contributed by atoms with Gasteiger partial charge in [-0.3, -0.25) is 4.99 Å². The van der Waals surface area contributed by atoms with E-state index in [1.54, 1.807) is 12.3 Å². The molecule has 0 aromatic heterocycles. The normalized spacial score (nSPS) is 11.9. The number of phenolic OH excluding ortho intramolecular Hbond substituents is 1. The van der Waals surface area contributed by atoms with Gasteiger partial charge in [0.15, 0.2) is 0 Å². The number of azo groups is 2. The van der Waals surface area contributed by atoms with Gasteiger partial charge in [0.2, 0.25) is 0 Å². The molecule has 0 amide bonds. The number of hydrogen-bond acceptors (Lipinski definition) is 6. The molecule has 6 aromatic carbocycles. The summed E-state index contributed by atoms with van der Waals surface area (Å²) in [5.74, 6) is 0.194. The van der Waals surface area contributed by atoms with E-state index in [9.17, 15) is 5.11 Å². The molecule has 192 valence electrons. The molecule has 0 fully saturated rings. The number of hydrogen-bond donors (Lipinski definition) is 1. The minimum Gasteiger partial charge on any atom is -0.507 e. The van der Waals surface area contributed by atoms with Crippen LogP contribution < -0.4 is 0 Å². The molecule has 0 atom stereocenters. The summed E-state index contributed by atoms with van der Waals surface area (Å²) >= 11 is 0. The van der Waals surface area contributed by atoms with Crippen LogP contribution in [0.3, 0.4) is 0 Å². The van der Waals surface area contributed by atoms with Crippen molar-refractivity contribution in [1.82, 2.24) is 0 Å². The fourth-order valence-electron chi connectivity index (χ4n) is 4.45. The van der Waals surface area contributed by atoms with Gasteiger partial charge >= 0.3 is 0 Å². The zero-order valence-electron chi connectivity index (χ0n) is 21.8. The van der Waals surface area contributed by atoms with Gasteiger partial charge < -0.3 is 5.11 Å². The largest absolute Gasteiger partial charge is 0.507 e. The molecule has 0 unspecified atom stereocenters. The van der Waals surface area contributed by atoms with Crippen molar-refractivity contribution in [2.24, 2.45) is 25.4 Å². The number of fused-ring (bicyclic) bond motifs is 2. The lowest BCUT2D eigenvalue weighted by Crippen LogP contribution is -1.86. The number of aromatic hydroxyl groups is 1. The Hall–Kier alpha value is -5.49. The average Bonchev–Trinajstić information content (AvgIpc) is 3.00. The van der Waals surface area contributed by atoms with E-state index < -0.39 is 0 Å². The lowest BCUT2D eigenvalue weighted by Gasteiger charge is -2.07. The summed E-state index contributed by atoms with van der Waals surface area (Å²) in [7, 11) is 0. The first-order valence-corrected chi connectivity index (χ1v) is 12.9. The molecule has 0 saturated heterocycles. The van der Waals surface area contributed by atoms with Gasteiger partial charge in [0.1, 0.15) is 5.75 Å². The topological polar surface area (TPSA) is 82.0 Å². The molecular formula is C34H25N5O. The van der Waals surface area contributed by atoms with Crippen LogP contribution >= 0.6 is 0 Å². The standard InChI is InChI=1S/C34H25N5O/c1-23-10-13-25(14-11-23)36-37-26-15-17-27(18-16-26)38-39-33-20-19-32(29-8-4-5-9-30(29)33)35-22-31-28-7-3-2-6-24(28)12-21-34(31)40/h2-22,40H,1H3. The van der Waals surface area contributed by atoms with Gasteiger partial charge in [0.25, 0.3) is 0 Å². The highest BCUT2D eigenvalue weighted by Gasteiger charge is 2.07. The maximum absolute atomic E-state index is 10.5. The summed E-state index contributed by atoms with van der Waals surface area (Å²) in [4.78, 5) is 4.75. The van der Waals surface area contributed by atoms with Crippen LogP contribution in [0.25, 0.3) is 21.5 Å². The average molecular weight is 520 g/mol. The smallest absolute Gasteiger partial charge is 0.124 e. The van der Waals surface area contributed by atoms with Crippen molar-refractivity contribution < 1.29 is 5.11 Å². The number of aryl methyl sites for hydroxylation is 1. The molecule has 40 heavy (non-hydrogen) atoms. The van der Waals surface area contributed by atoms with E-state index in [4.69, 9.17) is 4.99 Å². The van der Waals surface area contributed by atoms with Crippen molar-refractivity contribution in [2.45, 2.75) is 6.92 Å². The van der Waals surface area contributed by atoms with Crippen molar-refractivity contribution in [3.8, 4) is 5.75 Å². The highest BCUT2D eigenvalue weighted by Crippen LogP contribution is 2.35. The van der Waals surface area contributed by atoms with Gasteiger partial charge in [-0.25, -0.2) is 0 Å². The Bertz CT molecular complexity index is 1910. The van der Waals surface area contributed by atoms with Crippen molar-refractivity contribution in [2.75, 3.05) is 0 Å². The Morgan fingerprint density at radius 3 is 1.70 bits per heavy atom. The predicted molar refractivity (Wildman–Crippen MR) is 163 cm³/mol. The number of benzene rings is 6. The molecule has 0 aliphatic rings. The van der Waals surface area contributed by atoms with Gasteiger partial charge in [-0.05, 0) is 72.3 Å². The maximum Gasteiger partial charge on any atom is 0.124 e. The molecule has 0 heterocycles. The van der Waals surface area contributed by atoms with Crippen molar-refractivity contribution in [3.05, 3.63) is 132 Å². The first-order valence-electron chi connectivity index (χ1n) is 12.9. The highest BCUT2D eigenvalue weighted by molar-refractivity contribution is 6.05. The summed E-state index contributed by atoms with van der Waals surface area (Å²) in [6.07, 6.45) is 1.72. The summed E-state index contributed by atoms with van der Waals surface area (Å²) in [6.45, 7) is 2.04. The number of phenols is 1. The molecule has 0 spiro atoms. The van der Waals surface area contributed by atoms with Crippen LogP contribution in [0, 0.1) is 6.92 Å². The second-order valence-electron chi connectivity index (χ2n) is 9.38. The Labute approximate surface area is 231 Å². The lowest BCUT2D eigenvalue weighted by atomic mass is 10.0. The van der Waals surface area contributed by atoms with E-state index >= 15 is 0 Å². The third kappa shape index (κ3) is 5.37. The molecule has 6 nitrogen and oxygen atoms in total. The van der Waals surface area contributed by atoms with Gasteiger partial charge in [-0.15, -0.1) is 5.11 Å². The van der Waals surface area contributed by atoms with Gasteiger partial charge in [-0.2, -0.15) is 15.3 Å². The van der Waals surface area contributed by atoms with Crippen LogP contribution in [-0.4, -0.2) is 11.3 Å². The van der Waals surface area contributed by atoms with Crippen LogP contribution in [0.15, 0.2) is 147 Å². The molecule has 1 N–H and O–H groups in total. The van der Waals surface area contributed by atoms with E-state index in [0.717, 1.165) is 44.3 Å². The molecule has 0 aliphatic heterocycles. The minimum absolute atomic E-state index is 0.194. The summed E-state index contributed by atoms with van der Waals surface area (Å²) in [5.41, 5.74) is 5.66. The fourth-order valence-corrected chi connectivity index (χ4v) is 4.45. The van der Waals surface area contributed by atoms with Crippen LogP contribution in [0.4, 0.5) is 28.4 Å². The first kappa shape index (κ1) is 24.8. The van der Waals surface area contributed by atoms with E-state index in [1.165, 1.54) is 5.56 Å². The van der Waals surface area contributed by atoms with Gasteiger partial charge in [0.05, 0.1) is 28.4 Å². The van der Waals surface area contributed by atoms with E-state index in [0.29, 0.717) is 11.3 Å². The van der Waals surface area contributed by atoms with E-state index in [1.807, 2.05) is 122 Å². The Kier molecular flexibility index (Phi) is 6.88. The summed E-state index contributed by atoms with van der Waals surface area (Å²) < 4.78 is 0. The predicted octanol–water partition coefficient (Wildman–Crippen LogP) is 10.6. The molecule has 6 rings (SSSR count). The Morgan fingerprint density at radius 2 is 1.02 bits per heavy atom. The summed E-state index contributed by atoms with van der Waals surface area (Å²) in [6, 6.07) is 38.7. The lowest BCUT2D eigenvalue weighted by molar-refractivity contribution is 0.475. The van der Waals surface area contributed by atoms with Crippen molar-refractivity contribution >= 4 is 56.2 Å².